The second-order valence-electron chi connectivity index (χ2n) is 2.54. The molecule has 0 spiro atoms. The maximum atomic E-state index is 4.20. The zero-order valence-electron chi connectivity index (χ0n) is 5.71. The zero-order chi connectivity index (χ0) is 6.69. The Morgan fingerprint density at radius 3 is 2.78 bits per heavy atom. The number of hydrogen-bond donors (Lipinski definition) is 1. The number of piperidine rings is 1. The molecule has 0 saturated carbocycles. The van der Waals surface area contributed by atoms with E-state index < -0.39 is 0 Å². The molecular weight excluding hydrogens is 150 g/mol. The SMILES string of the molecule is CN1CCCC[C@H]1SS. The summed E-state index contributed by atoms with van der Waals surface area (Å²) in [6, 6.07) is 0. The van der Waals surface area contributed by atoms with Crippen LogP contribution in [0, 0.1) is 0 Å². The number of rotatable bonds is 1. The van der Waals surface area contributed by atoms with Crippen molar-refractivity contribution in [1.29, 1.82) is 0 Å². The lowest BCUT2D eigenvalue weighted by molar-refractivity contribution is 0.253. The van der Waals surface area contributed by atoms with Crippen LogP contribution >= 0.6 is 22.5 Å². The molecule has 0 radical (unpaired) electrons. The average Bonchev–Trinajstić information content (AvgIpc) is 1.89. The molecule has 3 heteroatoms. The maximum Gasteiger partial charge on any atom is 0.0656 e. The smallest absolute Gasteiger partial charge is 0.0656 e. The fraction of sp³-hybridized carbons (Fsp3) is 1.00. The summed E-state index contributed by atoms with van der Waals surface area (Å²) in [5.74, 6) is 0. The molecule has 1 fully saturated rings. The Morgan fingerprint density at radius 2 is 2.33 bits per heavy atom. The molecule has 0 aliphatic carbocycles. The predicted molar refractivity (Wildman–Crippen MR) is 46.8 cm³/mol. The molecule has 1 atom stereocenters. The molecule has 1 heterocycles. The van der Waals surface area contributed by atoms with Gasteiger partial charge in [-0.3, -0.25) is 4.90 Å². The van der Waals surface area contributed by atoms with Crippen molar-refractivity contribution in [3.63, 3.8) is 0 Å². The van der Waals surface area contributed by atoms with E-state index in [1.165, 1.54) is 25.8 Å². The average molecular weight is 163 g/mol. The molecule has 9 heavy (non-hydrogen) atoms. The molecule has 0 amide bonds. The molecule has 1 rings (SSSR count). The number of nitrogens with zero attached hydrogens (tertiary/aromatic N) is 1. The second-order valence-corrected chi connectivity index (χ2v) is 3.92. The monoisotopic (exact) mass is 163 g/mol. The van der Waals surface area contributed by atoms with Gasteiger partial charge in [0.25, 0.3) is 0 Å². The van der Waals surface area contributed by atoms with Gasteiger partial charge < -0.3 is 0 Å². The van der Waals surface area contributed by atoms with E-state index in [4.69, 9.17) is 0 Å². The zero-order valence-corrected chi connectivity index (χ0v) is 7.42. The van der Waals surface area contributed by atoms with Crippen LogP contribution in [0.3, 0.4) is 0 Å². The van der Waals surface area contributed by atoms with Crippen LogP contribution in [0.1, 0.15) is 19.3 Å². The van der Waals surface area contributed by atoms with Gasteiger partial charge in [-0.1, -0.05) is 10.8 Å². The molecule has 1 saturated heterocycles. The van der Waals surface area contributed by atoms with Crippen molar-refractivity contribution in [2.45, 2.75) is 24.6 Å². The number of hydrogen-bond acceptors (Lipinski definition) is 3. The van der Waals surface area contributed by atoms with Crippen LogP contribution in [-0.4, -0.2) is 23.9 Å². The highest BCUT2D eigenvalue weighted by atomic mass is 33.1. The topological polar surface area (TPSA) is 3.24 Å². The first-order valence-electron chi connectivity index (χ1n) is 3.35. The van der Waals surface area contributed by atoms with Gasteiger partial charge in [-0.05, 0) is 32.9 Å². The normalized spacial score (nSPS) is 30.7. The minimum absolute atomic E-state index is 0.669. The first-order valence-corrected chi connectivity index (χ1v) is 5.28. The van der Waals surface area contributed by atoms with Gasteiger partial charge in [-0.15, -0.1) is 11.7 Å². The largest absolute Gasteiger partial charge is 0.294 e. The molecule has 0 bridgehead atoms. The van der Waals surface area contributed by atoms with E-state index in [-0.39, 0.29) is 0 Å². The standard InChI is InChI=1S/C6H13NS2/c1-7-5-3-2-4-6(7)9-8/h6,8H,2-5H2,1H3/t6-/m1/s1. The van der Waals surface area contributed by atoms with Crippen LogP contribution in [0.25, 0.3) is 0 Å². The number of thiol groups is 1. The lowest BCUT2D eigenvalue weighted by atomic mass is 10.1. The van der Waals surface area contributed by atoms with E-state index in [0.717, 1.165) is 0 Å². The maximum absolute atomic E-state index is 4.20. The van der Waals surface area contributed by atoms with Crippen molar-refractivity contribution in [1.82, 2.24) is 4.90 Å². The van der Waals surface area contributed by atoms with Gasteiger partial charge in [0.2, 0.25) is 0 Å². The molecule has 0 aromatic carbocycles. The Balaban J connectivity index is 2.30. The predicted octanol–water partition coefficient (Wildman–Crippen LogP) is 2.01. The van der Waals surface area contributed by atoms with Gasteiger partial charge in [0.15, 0.2) is 0 Å². The lowest BCUT2D eigenvalue weighted by Gasteiger charge is -2.30. The Bertz CT molecular complexity index is 87.1. The molecule has 0 aromatic rings. The quantitative estimate of drug-likeness (QED) is 0.465. The van der Waals surface area contributed by atoms with E-state index in [9.17, 15) is 0 Å². The van der Waals surface area contributed by atoms with E-state index in [1.807, 2.05) is 0 Å². The molecule has 0 unspecified atom stereocenters. The second kappa shape index (κ2) is 3.74. The summed E-state index contributed by atoms with van der Waals surface area (Å²) in [4.78, 5) is 2.38. The summed E-state index contributed by atoms with van der Waals surface area (Å²) in [6.45, 7) is 1.25. The molecule has 1 aliphatic rings. The third-order valence-electron chi connectivity index (χ3n) is 1.83. The third-order valence-corrected chi connectivity index (χ3v) is 3.39. The van der Waals surface area contributed by atoms with E-state index in [0.29, 0.717) is 5.37 Å². The van der Waals surface area contributed by atoms with Crippen molar-refractivity contribution < 1.29 is 0 Å². The van der Waals surface area contributed by atoms with Crippen LogP contribution in [0.5, 0.6) is 0 Å². The summed E-state index contributed by atoms with van der Waals surface area (Å²) < 4.78 is 0. The van der Waals surface area contributed by atoms with E-state index >= 15 is 0 Å². The highest BCUT2D eigenvalue weighted by Crippen LogP contribution is 2.26. The Kier molecular flexibility index (Phi) is 3.22. The van der Waals surface area contributed by atoms with Gasteiger partial charge in [0.1, 0.15) is 0 Å². The summed E-state index contributed by atoms with van der Waals surface area (Å²) in [6.07, 6.45) is 4.05. The minimum atomic E-state index is 0.669. The van der Waals surface area contributed by atoms with Gasteiger partial charge in [-0.2, -0.15) is 0 Å². The third kappa shape index (κ3) is 2.06. The van der Waals surface area contributed by atoms with Crippen LogP contribution in [0.15, 0.2) is 0 Å². The highest BCUT2D eigenvalue weighted by molar-refractivity contribution is 8.68. The van der Waals surface area contributed by atoms with Crippen LogP contribution < -0.4 is 0 Å². The van der Waals surface area contributed by atoms with Crippen molar-refractivity contribution in [2.75, 3.05) is 13.6 Å². The molecule has 1 nitrogen and oxygen atoms in total. The summed E-state index contributed by atoms with van der Waals surface area (Å²) in [5, 5.41) is 0.669. The van der Waals surface area contributed by atoms with Crippen LogP contribution in [0.4, 0.5) is 0 Å². The van der Waals surface area contributed by atoms with E-state index in [2.05, 4.69) is 23.6 Å². The van der Waals surface area contributed by atoms with Crippen LogP contribution in [-0.2, 0) is 0 Å². The van der Waals surface area contributed by atoms with Gasteiger partial charge in [-0.25, -0.2) is 0 Å². The van der Waals surface area contributed by atoms with Crippen molar-refractivity contribution in [3.05, 3.63) is 0 Å². The minimum Gasteiger partial charge on any atom is -0.294 e. The van der Waals surface area contributed by atoms with Gasteiger partial charge >= 0.3 is 0 Å². The highest BCUT2D eigenvalue weighted by Gasteiger charge is 2.16. The Morgan fingerprint density at radius 1 is 1.56 bits per heavy atom. The van der Waals surface area contributed by atoms with Crippen molar-refractivity contribution in [2.24, 2.45) is 0 Å². The Labute approximate surface area is 66.0 Å². The summed E-state index contributed by atoms with van der Waals surface area (Å²) in [7, 11) is 3.85. The van der Waals surface area contributed by atoms with Crippen molar-refractivity contribution >= 4 is 22.5 Å². The fourth-order valence-electron chi connectivity index (χ4n) is 1.18. The Hall–Kier alpha value is 0.660. The van der Waals surface area contributed by atoms with Gasteiger partial charge in [0, 0.05) is 0 Å². The lowest BCUT2D eigenvalue weighted by Crippen LogP contribution is -2.32. The van der Waals surface area contributed by atoms with E-state index in [1.54, 1.807) is 10.8 Å². The van der Waals surface area contributed by atoms with Crippen molar-refractivity contribution in [3.8, 4) is 0 Å². The number of likely N-dealkylation sites (tertiary alicyclic amines) is 1. The first kappa shape index (κ1) is 7.76. The first-order chi connectivity index (χ1) is 4.34. The van der Waals surface area contributed by atoms with Gasteiger partial charge in [0.05, 0.1) is 5.37 Å². The van der Waals surface area contributed by atoms with Crippen LogP contribution in [0.2, 0.25) is 0 Å². The summed E-state index contributed by atoms with van der Waals surface area (Å²) >= 11 is 4.20. The fourth-order valence-corrected chi connectivity index (χ4v) is 2.52. The molecule has 0 aromatic heterocycles. The molecular formula is C6H13NS2. The molecule has 1 aliphatic heterocycles. The molecule has 0 N–H and O–H groups in total. The molecule has 54 valence electrons. The summed E-state index contributed by atoms with van der Waals surface area (Å²) in [5.41, 5.74) is 0.